The van der Waals surface area contributed by atoms with Crippen LogP contribution in [0.4, 0.5) is 11.4 Å². The molecular formula is C13H13N3S. The zero-order valence-electron chi connectivity index (χ0n) is 9.47. The first kappa shape index (κ1) is 11.5. The lowest BCUT2D eigenvalue weighted by Crippen LogP contribution is -2.08. The van der Waals surface area contributed by atoms with Gasteiger partial charge in [0.15, 0.2) is 0 Å². The molecule has 0 radical (unpaired) electrons. The molecule has 0 fully saturated rings. The van der Waals surface area contributed by atoms with Crippen LogP contribution in [0, 0.1) is 6.92 Å². The van der Waals surface area contributed by atoms with Crippen LogP contribution in [-0.4, -0.2) is 9.97 Å². The van der Waals surface area contributed by atoms with Crippen LogP contribution in [0.15, 0.2) is 42.6 Å². The number of nitrogens with one attached hydrogen (secondary N) is 1. The molecule has 0 saturated heterocycles. The number of nitrogens with zero attached hydrogens (tertiary/aromatic N) is 1. The maximum atomic E-state index is 5.54. The molecule has 3 nitrogen and oxygen atoms in total. The Labute approximate surface area is 106 Å². The van der Waals surface area contributed by atoms with Gasteiger partial charge in [-0.05, 0) is 43.3 Å². The summed E-state index contributed by atoms with van der Waals surface area (Å²) in [5, 5.41) is 3.29. The number of pyridine rings is 1. The number of aromatic nitrogens is 1. The highest BCUT2D eigenvalue weighted by Gasteiger charge is 2.00. The Kier molecular flexibility index (Phi) is 3.35. The Morgan fingerprint density at radius 3 is 2.53 bits per heavy atom. The average molecular weight is 243 g/mol. The quantitative estimate of drug-likeness (QED) is 0.814. The number of anilines is 2. The monoisotopic (exact) mass is 243 g/mol. The molecule has 1 aromatic carbocycles. The van der Waals surface area contributed by atoms with E-state index in [1.165, 1.54) is 0 Å². The van der Waals surface area contributed by atoms with Crippen molar-refractivity contribution in [3.8, 4) is 0 Å². The van der Waals surface area contributed by atoms with Gasteiger partial charge >= 0.3 is 0 Å². The van der Waals surface area contributed by atoms with Crippen molar-refractivity contribution in [3.05, 3.63) is 53.9 Å². The summed E-state index contributed by atoms with van der Waals surface area (Å²) in [6.07, 6.45) is 1.77. The number of nitrogens with two attached hydrogens (primary N) is 1. The maximum absolute atomic E-state index is 5.54. The third-order valence-electron chi connectivity index (χ3n) is 2.46. The van der Waals surface area contributed by atoms with Gasteiger partial charge in [0.2, 0.25) is 0 Å². The minimum Gasteiger partial charge on any atom is -0.389 e. The minimum atomic E-state index is 0.411. The van der Waals surface area contributed by atoms with Gasteiger partial charge in [0.1, 0.15) is 4.99 Å². The summed E-state index contributed by atoms with van der Waals surface area (Å²) < 4.78 is 0. The van der Waals surface area contributed by atoms with Crippen LogP contribution < -0.4 is 11.1 Å². The molecule has 1 heterocycles. The number of hydrogen-bond donors (Lipinski definition) is 2. The summed E-state index contributed by atoms with van der Waals surface area (Å²) in [4.78, 5) is 4.63. The fourth-order valence-corrected chi connectivity index (χ4v) is 1.63. The van der Waals surface area contributed by atoms with Crippen LogP contribution in [0.1, 0.15) is 11.3 Å². The van der Waals surface area contributed by atoms with E-state index in [0.717, 1.165) is 22.6 Å². The number of thiocarbonyl (C=S) groups is 1. The fourth-order valence-electron chi connectivity index (χ4n) is 1.49. The van der Waals surface area contributed by atoms with E-state index in [1.807, 2.05) is 43.3 Å². The van der Waals surface area contributed by atoms with Crippen molar-refractivity contribution >= 4 is 28.6 Å². The second-order valence-electron chi connectivity index (χ2n) is 3.70. The average Bonchev–Trinajstić information content (AvgIpc) is 2.33. The van der Waals surface area contributed by atoms with E-state index >= 15 is 0 Å². The lowest BCUT2D eigenvalue weighted by Gasteiger charge is -2.08. The molecule has 2 aromatic rings. The molecule has 0 bridgehead atoms. The molecule has 0 aliphatic carbocycles. The summed E-state index contributed by atoms with van der Waals surface area (Å²) in [6.45, 7) is 1.96. The second kappa shape index (κ2) is 4.93. The molecule has 0 aliphatic heterocycles. The Bertz CT molecular complexity index is 535. The summed E-state index contributed by atoms with van der Waals surface area (Å²) in [7, 11) is 0. The molecule has 0 aliphatic rings. The van der Waals surface area contributed by atoms with Crippen molar-refractivity contribution in [2.45, 2.75) is 6.92 Å². The first-order chi connectivity index (χ1) is 8.16. The molecule has 0 saturated carbocycles. The van der Waals surface area contributed by atoms with Gasteiger partial charge in [-0.25, -0.2) is 0 Å². The Hall–Kier alpha value is -1.94. The highest BCUT2D eigenvalue weighted by molar-refractivity contribution is 7.80. The molecule has 4 heteroatoms. The smallest absolute Gasteiger partial charge is 0.103 e. The van der Waals surface area contributed by atoms with Gasteiger partial charge < -0.3 is 11.1 Å². The third-order valence-corrected chi connectivity index (χ3v) is 2.69. The van der Waals surface area contributed by atoms with E-state index in [-0.39, 0.29) is 0 Å². The molecule has 0 unspecified atom stereocenters. The van der Waals surface area contributed by atoms with Crippen LogP contribution in [0.25, 0.3) is 0 Å². The van der Waals surface area contributed by atoms with Crippen LogP contribution in [-0.2, 0) is 0 Å². The summed E-state index contributed by atoms with van der Waals surface area (Å²) in [5.74, 6) is 0. The topological polar surface area (TPSA) is 50.9 Å². The minimum absolute atomic E-state index is 0.411. The lowest BCUT2D eigenvalue weighted by molar-refractivity contribution is 1.20. The lowest BCUT2D eigenvalue weighted by atomic mass is 10.2. The molecule has 17 heavy (non-hydrogen) atoms. The maximum Gasteiger partial charge on any atom is 0.103 e. The molecule has 0 amide bonds. The zero-order chi connectivity index (χ0) is 12.3. The third kappa shape index (κ3) is 2.79. The van der Waals surface area contributed by atoms with Gasteiger partial charge in [0.05, 0.1) is 11.4 Å². The number of aryl methyl sites for hydroxylation is 1. The summed E-state index contributed by atoms with van der Waals surface area (Å²) in [6, 6.07) is 11.6. The van der Waals surface area contributed by atoms with Crippen molar-refractivity contribution in [1.29, 1.82) is 0 Å². The van der Waals surface area contributed by atoms with E-state index in [0.29, 0.717) is 4.99 Å². The number of hydrogen-bond acceptors (Lipinski definition) is 3. The Morgan fingerprint density at radius 2 is 1.94 bits per heavy atom. The first-order valence-corrected chi connectivity index (χ1v) is 5.66. The van der Waals surface area contributed by atoms with E-state index in [1.54, 1.807) is 6.20 Å². The zero-order valence-corrected chi connectivity index (χ0v) is 10.3. The first-order valence-electron chi connectivity index (χ1n) is 5.25. The highest BCUT2D eigenvalue weighted by Crippen LogP contribution is 2.18. The molecular weight excluding hydrogens is 230 g/mol. The highest BCUT2D eigenvalue weighted by atomic mass is 32.1. The predicted octanol–water partition coefficient (Wildman–Crippen LogP) is 2.77. The van der Waals surface area contributed by atoms with Crippen molar-refractivity contribution in [2.24, 2.45) is 5.73 Å². The Morgan fingerprint density at radius 1 is 1.24 bits per heavy atom. The standard InChI is InChI=1S/C13H13N3S/c1-9-12(3-2-8-15-9)16-11-6-4-10(5-7-11)13(14)17/h2-8,16H,1H3,(H2,14,17). The van der Waals surface area contributed by atoms with Crippen molar-refractivity contribution in [2.75, 3.05) is 5.32 Å². The van der Waals surface area contributed by atoms with Gasteiger partial charge in [0.25, 0.3) is 0 Å². The van der Waals surface area contributed by atoms with Crippen molar-refractivity contribution in [3.63, 3.8) is 0 Å². The number of rotatable bonds is 3. The van der Waals surface area contributed by atoms with E-state index in [9.17, 15) is 0 Å². The predicted molar refractivity (Wildman–Crippen MR) is 74.6 cm³/mol. The van der Waals surface area contributed by atoms with E-state index < -0.39 is 0 Å². The molecule has 2 rings (SSSR count). The van der Waals surface area contributed by atoms with Gasteiger partial charge in [-0.1, -0.05) is 12.2 Å². The normalized spacial score (nSPS) is 9.94. The fraction of sp³-hybridized carbons (Fsp3) is 0.0769. The van der Waals surface area contributed by atoms with Crippen LogP contribution in [0.5, 0.6) is 0 Å². The van der Waals surface area contributed by atoms with Gasteiger partial charge in [-0.2, -0.15) is 0 Å². The number of benzene rings is 1. The molecule has 3 N–H and O–H groups in total. The largest absolute Gasteiger partial charge is 0.389 e. The van der Waals surface area contributed by atoms with Gasteiger partial charge in [0, 0.05) is 17.4 Å². The van der Waals surface area contributed by atoms with Gasteiger partial charge in [-0.3, -0.25) is 4.98 Å². The molecule has 86 valence electrons. The Balaban J connectivity index is 2.20. The van der Waals surface area contributed by atoms with E-state index in [4.69, 9.17) is 18.0 Å². The summed E-state index contributed by atoms with van der Waals surface area (Å²) >= 11 is 4.90. The van der Waals surface area contributed by atoms with Crippen molar-refractivity contribution in [1.82, 2.24) is 4.98 Å². The van der Waals surface area contributed by atoms with Crippen LogP contribution >= 0.6 is 12.2 Å². The molecule has 0 spiro atoms. The van der Waals surface area contributed by atoms with Gasteiger partial charge in [-0.15, -0.1) is 0 Å². The summed E-state index contributed by atoms with van der Waals surface area (Å²) in [5.41, 5.74) is 9.36. The molecule has 1 aromatic heterocycles. The van der Waals surface area contributed by atoms with Crippen LogP contribution in [0.2, 0.25) is 0 Å². The van der Waals surface area contributed by atoms with E-state index in [2.05, 4.69) is 10.3 Å². The second-order valence-corrected chi connectivity index (χ2v) is 4.14. The molecule has 0 atom stereocenters. The van der Waals surface area contributed by atoms with Crippen molar-refractivity contribution < 1.29 is 0 Å². The SMILES string of the molecule is Cc1ncccc1Nc1ccc(C(N)=S)cc1. The van der Waals surface area contributed by atoms with Crippen LogP contribution in [0.3, 0.4) is 0 Å².